The van der Waals surface area contributed by atoms with Gasteiger partial charge in [-0.05, 0) is 38.1 Å². The quantitative estimate of drug-likeness (QED) is 0.609. The maximum Gasteiger partial charge on any atom is 0.203 e. The highest BCUT2D eigenvalue weighted by atomic mass is 16.1. The van der Waals surface area contributed by atoms with Crippen molar-refractivity contribution < 1.29 is 4.79 Å². The predicted molar refractivity (Wildman–Crippen MR) is 69.2 cm³/mol. The summed E-state index contributed by atoms with van der Waals surface area (Å²) in [7, 11) is 1.77. The first kappa shape index (κ1) is 12.3. The first-order chi connectivity index (χ1) is 8.61. The SMILES string of the molecule is CCn1nccc1/C=C/C(=O)c1cc(C)nn1C. The molecule has 5 nitrogen and oxygen atoms in total. The number of rotatable bonds is 4. The third kappa shape index (κ3) is 2.40. The van der Waals surface area contributed by atoms with Gasteiger partial charge in [-0.2, -0.15) is 10.2 Å². The smallest absolute Gasteiger partial charge is 0.203 e. The van der Waals surface area contributed by atoms with Crippen LogP contribution in [0.2, 0.25) is 0 Å². The second-order valence-electron chi connectivity index (χ2n) is 4.06. The molecule has 0 atom stereocenters. The summed E-state index contributed by atoms with van der Waals surface area (Å²) in [5, 5.41) is 8.30. The molecule has 0 bridgehead atoms. The van der Waals surface area contributed by atoms with E-state index < -0.39 is 0 Å². The highest BCUT2D eigenvalue weighted by molar-refractivity contribution is 6.05. The third-order valence-corrected chi connectivity index (χ3v) is 2.71. The van der Waals surface area contributed by atoms with Gasteiger partial charge in [0, 0.05) is 19.8 Å². The zero-order chi connectivity index (χ0) is 13.1. The molecule has 2 rings (SSSR count). The van der Waals surface area contributed by atoms with E-state index >= 15 is 0 Å². The van der Waals surface area contributed by atoms with Gasteiger partial charge in [0.2, 0.25) is 5.78 Å². The molecular formula is C13H16N4O. The second kappa shape index (κ2) is 5.00. The van der Waals surface area contributed by atoms with E-state index in [1.807, 2.05) is 24.6 Å². The first-order valence-electron chi connectivity index (χ1n) is 5.86. The average molecular weight is 244 g/mol. The van der Waals surface area contributed by atoms with Crippen molar-refractivity contribution in [2.75, 3.05) is 0 Å². The van der Waals surface area contributed by atoms with Crippen molar-refractivity contribution >= 4 is 11.9 Å². The molecule has 0 aliphatic rings. The maximum atomic E-state index is 12.0. The Morgan fingerprint density at radius 3 is 2.89 bits per heavy atom. The van der Waals surface area contributed by atoms with E-state index in [0.29, 0.717) is 5.69 Å². The van der Waals surface area contributed by atoms with E-state index in [2.05, 4.69) is 10.2 Å². The van der Waals surface area contributed by atoms with Crippen molar-refractivity contribution in [3.63, 3.8) is 0 Å². The first-order valence-corrected chi connectivity index (χ1v) is 5.86. The molecular weight excluding hydrogens is 228 g/mol. The molecule has 0 aliphatic heterocycles. The van der Waals surface area contributed by atoms with Crippen LogP contribution in [-0.4, -0.2) is 25.3 Å². The van der Waals surface area contributed by atoms with Crippen molar-refractivity contribution in [3.05, 3.63) is 41.5 Å². The minimum absolute atomic E-state index is 0.0537. The van der Waals surface area contributed by atoms with Crippen LogP contribution in [0.4, 0.5) is 0 Å². The number of carbonyl (C=O) groups is 1. The van der Waals surface area contributed by atoms with Crippen molar-refractivity contribution in [2.24, 2.45) is 7.05 Å². The van der Waals surface area contributed by atoms with Crippen LogP contribution in [0.25, 0.3) is 6.08 Å². The molecule has 18 heavy (non-hydrogen) atoms. The molecule has 94 valence electrons. The van der Waals surface area contributed by atoms with Crippen molar-refractivity contribution in [1.29, 1.82) is 0 Å². The van der Waals surface area contributed by atoms with Gasteiger partial charge in [0.05, 0.1) is 11.4 Å². The van der Waals surface area contributed by atoms with E-state index in [1.165, 1.54) is 0 Å². The standard InChI is InChI=1S/C13H16N4O/c1-4-17-11(7-8-14-17)5-6-13(18)12-9-10(2)15-16(12)3/h5-9H,4H2,1-3H3/b6-5+. The molecule has 0 spiro atoms. The zero-order valence-corrected chi connectivity index (χ0v) is 10.8. The van der Waals surface area contributed by atoms with Gasteiger partial charge >= 0.3 is 0 Å². The Balaban J connectivity index is 2.19. The van der Waals surface area contributed by atoms with Crippen LogP contribution < -0.4 is 0 Å². The van der Waals surface area contributed by atoms with Crippen LogP contribution >= 0.6 is 0 Å². The normalized spacial score (nSPS) is 11.3. The molecule has 0 aromatic carbocycles. The third-order valence-electron chi connectivity index (χ3n) is 2.71. The van der Waals surface area contributed by atoms with Gasteiger partial charge in [0.25, 0.3) is 0 Å². The highest BCUT2D eigenvalue weighted by Crippen LogP contribution is 2.07. The molecule has 2 aromatic rings. The van der Waals surface area contributed by atoms with Gasteiger partial charge in [-0.3, -0.25) is 14.2 Å². The summed E-state index contributed by atoms with van der Waals surface area (Å²) in [5.74, 6) is -0.0537. The summed E-state index contributed by atoms with van der Waals surface area (Å²) in [4.78, 5) is 12.0. The number of ketones is 1. The lowest BCUT2D eigenvalue weighted by atomic mass is 10.2. The Morgan fingerprint density at radius 1 is 1.50 bits per heavy atom. The fraction of sp³-hybridized carbons (Fsp3) is 0.308. The largest absolute Gasteiger partial charge is 0.288 e. The Morgan fingerprint density at radius 2 is 2.28 bits per heavy atom. The van der Waals surface area contributed by atoms with Gasteiger partial charge < -0.3 is 0 Å². The Labute approximate surface area is 106 Å². The zero-order valence-electron chi connectivity index (χ0n) is 10.8. The monoisotopic (exact) mass is 244 g/mol. The minimum Gasteiger partial charge on any atom is -0.288 e. The molecule has 0 saturated carbocycles. The maximum absolute atomic E-state index is 12.0. The molecule has 0 saturated heterocycles. The number of carbonyl (C=O) groups excluding carboxylic acids is 1. The number of aryl methyl sites for hydroxylation is 3. The summed E-state index contributed by atoms with van der Waals surface area (Å²) >= 11 is 0. The Bertz CT molecular complexity index is 592. The van der Waals surface area contributed by atoms with Crippen LogP contribution in [0, 0.1) is 6.92 Å². The molecule has 0 unspecified atom stereocenters. The molecule has 0 amide bonds. The molecule has 2 aromatic heterocycles. The summed E-state index contributed by atoms with van der Waals surface area (Å²) in [6, 6.07) is 3.66. The fourth-order valence-electron chi connectivity index (χ4n) is 1.84. The van der Waals surface area contributed by atoms with Crippen molar-refractivity contribution in [3.8, 4) is 0 Å². The Kier molecular flexibility index (Phi) is 3.41. The van der Waals surface area contributed by atoms with Crippen LogP contribution in [0.1, 0.15) is 28.8 Å². The number of allylic oxidation sites excluding steroid dienone is 1. The summed E-state index contributed by atoms with van der Waals surface area (Å²) < 4.78 is 3.43. The van der Waals surface area contributed by atoms with E-state index in [-0.39, 0.29) is 5.78 Å². The Hall–Kier alpha value is -2.17. The molecule has 5 heteroatoms. The van der Waals surface area contributed by atoms with Gasteiger partial charge in [-0.1, -0.05) is 0 Å². The minimum atomic E-state index is -0.0537. The highest BCUT2D eigenvalue weighted by Gasteiger charge is 2.08. The predicted octanol–water partition coefficient (Wildman–Crippen LogP) is 1.84. The second-order valence-corrected chi connectivity index (χ2v) is 4.06. The molecule has 0 fully saturated rings. The van der Waals surface area contributed by atoms with Crippen LogP contribution in [0.15, 0.2) is 24.4 Å². The molecule has 0 radical (unpaired) electrons. The van der Waals surface area contributed by atoms with E-state index in [0.717, 1.165) is 17.9 Å². The summed E-state index contributed by atoms with van der Waals surface area (Å²) in [6.45, 7) is 4.66. The average Bonchev–Trinajstić information content (AvgIpc) is 2.92. The van der Waals surface area contributed by atoms with Gasteiger partial charge in [0.15, 0.2) is 0 Å². The van der Waals surface area contributed by atoms with Gasteiger partial charge in [0.1, 0.15) is 5.69 Å². The van der Waals surface area contributed by atoms with Crippen LogP contribution in [0.5, 0.6) is 0 Å². The van der Waals surface area contributed by atoms with Crippen molar-refractivity contribution in [1.82, 2.24) is 19.6 Å². The molecule has 0 aliphatic carbocycles. The lowest BCUT2D eigenvalue weighted by Gasteiger charge is -1.99. The number of hydrogen-bond donors (Lipinski definition) is 0. The van der Waals surface area contributed by atoms with Gasteiger partial charge in [-0.25, -0.2) is 0 Å². The molecule has 0 N–H and O–H groups in total. The number of nitrogens with zero attached hydrogens (tertiary/aromatic N) is 4. The van der Waals surface area contributed by atoms with E-state index in [9.17, 15) is 4.79 Å². The van der Waals surface area contributed by atoms with E-state index in [1.54, 1.807) is 36.1 Å². The van der Waals surface area contributed by atoms with Crippen molar-refractivity contribution in [2.45, 2.75) is 20.4 Å². The van der Waals surface area contributed by atoms with Crippen LogP contribution in [-0.2, 0) is 13.6 Å². The van der Waals surface area contributed by atoms with Crippen LogP contribution in [0.3, 0.4) is 0 Å². The lowest BCUT2D eigenvalue weighted by Crippen LogP contribution is -2.04. The lowest BCUT2D eigenvalue weighted by molar-refractivity contribution is 0.103. The fourth-order valence-corrected chi connectivity index (χ4v) is 1.84. The number of aromatic nitrogens is 4. The van der Waals surface area contributed by atoms with Gasteiger partial charge in [-0.15, -0.1) is 0 Å². The molecule has 2 heterocycles. The summed E-state index contributed by atoms with van der Waals surface area (Å²) in [6.07, 6.45) is 5.06. The number of hydrogen-bond acceptors (Lipinski definition) is 3. The topological polar surface area (TPSA) is 52.7 Å². The van der Waals surface area contributed by atoms with E-state index in [4.69, 9.17) is 0 Å². The summed E-state index contributed by atoms with van der Waals surface area (Å²) in [5.41, 5.74) is 2.35.